The fraction of sp³-hybridized carbons (Fsp3) is 0.250. The van der Waals surface area contributed by atoms with Gasteiger partial charge in [-0.3, -0.25) is 5.10 Å². The smallest absolute Gasteiger partial charge is 0.187 e. The normalized spacial score (nSPS) is 12.6. The minimum absolute atomic E-state index is 0.00340. The van der Waals surface area contributed by atoms with E-state index >= 15 is 0 Å². The number of benzene rings is 1. The van der Waals surface area contributed by atoms with Gasteiger partial charge in [-0.05, 0) is 24.6 Å². The number of H-pyrrole nitrogens is 1. The first-order valence-electron chi connectivity index (χ1n) is 5.47. The Hall–Kier alpha value is -1.95. The minimum atomic E-state index is -0.956. The molecule has 0 amide bonds. The molecule has 0 aliphatic heterocycles. The molecular weight excluding hydrogens is 240 g/mol. The van der Waals surface area contributed by atoms with Gasteiger partial charge in [-0.25, -0.2) is 8.78 Å². The predicted octanol–water partition coefficient (Wildman–Crippen LogP) is 2.24. The number of phenolic OH excluding ortho intramolecular Hbond substituents is 1. The molecule has 0 spiro atoms. The van der Waals surface area contributed by atoms with E-state index in [1.807, 2.05) is 6.92 Å². The van der Waals surface area contributed by atoms with Crippen molar-refractivity contribution in [1.29, 1.82) is 0 Å². The SMILES string of the molecule is CC(NCc1cc(F)c(O)c(F)c1)c1cn[nH]c1. The average molecular weight is 253 g/mol. The van der Waals surface area contributed by atoms with Gasteiger partial charge in [-0.2, -0.15) is 5.10 Å². The standard InChI is InChI=1S/C12H13F2N3O/c1-7(9-5-16-17-6-9)15-4-8-2-10(13)12(18)11(14)3-8/h2-3,5-7,15,18H,4H2,1H3,(H,16,17). The molecule has 18 heavy (non-hydrogen) atoms. The Balaban J connectivity index is 2.02. The van der Waals surface area contributed by atoms with Gasteiger partial charge in [-0.1, -0.05) is 0 Å². The summed E-state index contributed by atoms with van der Waals surface area (Å²) >= 11 is 0. The highest BCUT2D eigenvalue weighted by Gasteiger charge is 2.11. The van der Waals surface area contributed by atoms with Gasteiger partial charge in [0.05, 0.1) is 6.20 Å². The molecule has 0 aliphatic rings. The number of rotatable bonds is 4. The molecule has 2 aromatic rings. The van der Waals surface area contributed by atoms with E-state index in [4.69, 9.17) is 5.11 Å². The fourth-order valence-corrected chi connectivity index (χ4v) is 1.61. The van der Waals surface area contributed by atoms with Gasteiger partial charge in [0, 0.05) is 24.3 Å². The van der Waals surface area contributed by atoms with E-state index < -0.39 is 17.4 Å². The van der Waals surface area contributed by atoms with Crippen molar-refractivity contribution in [1.82, 2.24) is 15.5 Å². The summed E-state index contributed by atoms with van der Waals surface area (Å²) in [6.45, 7) is 2.21. The number of halogens is 2. The molecule has 4 nitrogen and oxygen atoms in total. The highest BCUT2D eigenvalue weighted by Crippen LogP contribution is 2.21. The first-order chi connectivity index (χ1) is 8.58. The third-order valence-electron chi connectivity index (χ3n) is 2.71. The topological polar surface area (TPSA) is 60.9 Å². The molecule has 0 saturated heterocycles. The molecular formula is C12H13F2N3O. The maximum Gasteiger partial charge on any atom is 0.187 e. The van der Waals surface area contributed by atoms with Crippen molar-refractivity contribution in [3.63, 3.8) is 0 Å². The Labute approximate surface area is 103 Å². The molecule has 1 unspecified atom stereocenters. The Morgan fingerprint density at radius 1 is 1.39 bits per heavy atom. The van der Waals surface area contributed by atoms with Crippen LogP contribution in [-0.4, -0.2) is 15.3 Å². The lowest BCUT2D eigenvalue weighted by Crippen LogP contribution is -2.17. The van der Waals surface area contributed by atoms with Gasteiger partial charge < -0.3 is 10.4 Å². The van der Waals surface area contributed by atoms with Crippen LogP contribution in [0.5, 0.6) is 5.75 Å². The zero-order chi connectivity index (χ0) is 13.1. The van der Waals surface area contributed by atoms with E-state index in [1.54, 1.807) is 12.4 Å². The van der Waals surface area contributed by atoms with Gasteiger partial charge in [0.2, 0.25) is 0 Å². The van der Waals surface area contributed by atoms with Crippen molar-refractivity contribution >= 4 is 0 Å². The van der Waals surface area contributed by atoms with E-state index in [-0.39, 0.29) is 6.04 Å². The first kappa shape index (κ1) is 12.5. The van der Waals surface area contributed by atoms with Crippen LogP contribution in [0.2, 0.25) is 0 Å². The third kappa shape index (κ3) is 2.65. The number of phenols is 1. The van der Waals surface area contributed by atoms with E-state index in [9.17, 15) is 8.78 Å². The largest absolute Gasteiger partial charge is 0.503 e. The van der Waals surface area contributed by atoms with Gasteiger partial charge in [0.15, 0.2) is 17.4 Å². The minimum Gasteiger partial charge on any atom is -0.503 e. The van der Waals surface area contributed by atoms with Gasteiger partial charge >= 0.3 is 0 Å². The number of aromatic hydroxyl groups is 1. The van der Waals surface area contributed by atoms with Crippen LogP contribution in [0.3, 0.4) is 0 Å². The second kappa shape index (κ2) is 5.14. The number of hydrogen-bond acceptors (Lipinski definition) is 3. The van der Waals surface area contributed by atoms with Crippen molar-refractivity contribution < 1.29 is 13.9 Å². The summed E-state index contributed by atoms with van der Waals surface area (Å²) in [6, 6.07) is 2.21. The summed E-state index contributed by atoms with van der Waals surface area (Å²) in [5.41, 5.74) is 1.38. The van der Waals surface area contributed by atoms with Crippen molar-refractivity contribution in [2.75, 3.05) is 0 Å². The lowest BCUT2D eigenvalue weighted by Gasteiger charge is -2.12. The van der Waals surface area contributed by atoms with Crippen LogP contribution in [0, 0.1) is 11.6 Å². The summed E-state index contributed by atoms with van der Waals surface area (Å²) in [4.78, 5) is 0. The number of hydrogen-bond donors (Lipinski definition) is 3. The lowest BCUT2D eigenvalue weighted by atomic mass is 10.1. The van der Waals surface area contributed by atoms with Gasteiger partial charge in [0.1, 0.15) is 0 Å². The van der Waals surface area contributed by atoms with Crippen LogP contribution in [0.15, 0.2) is 24.5 Å². The van der Waals surface area contributed by atoms with Gasteiger partial charge in [0.25, 0.3) is 0 Å². The van der Waals surface area contributed by atoms with Crippen molar-refractivity contribution in [3.05, 3.63) is 47.3 Å². The quantitative estimate of drug-likeness (QED) is 0.783. The fourth-order valence-electron chi connectivity index (χ4n) is 1.61. The van der Waals surface area contributed by atoms with Crippen LogP contribution < -0.4 is 5.32 Å². The molecule has 96 valence electrons. The van der Waals surface area contributed by atoms with Crippen molar-refractivity contribution in [2.45, 2.75) is 19.5 Å². The molecule has 1 heterocycles. The van der Waals surface area contributed by atoms with E-state index in [0.717, 1.165) is 17.7 Å². The summed E-state index contributed by atoms with van der Waals surface area (Å²) in [5, 5.41) is 18.6. The number of nitrogens with one attached hydrogen (secondary N) is 2. The predicted molar refractivity (Wildman–Crippen MR) is 61.9 cm³/mol. The molecule has 0 aliphatic carbocycles. The monoisotopic (exact) mass is 253 g/mol. The Bertz CT molecular complexity index is 505. The number of nitrogens with zero attached hydrogens (tertiary/aromatic N) is 1. The Morgan fingerprint density at radius 2 is 2.06 bits per heavy atom. The van der Waals surface area contributed by atoms with Crippen molar-refractivity contribution in [2.24, 2.45) is 0 Å². The highest BCUT2D eigenvalue weighted by atomic mass is 19.1. The zero-order valence-corrected chi connectivity index (χ0v) is 9.74. The highest BCUT2D eigenvalue weighted by molar-refractivity contribution is 5.30. The van der Waals surface area contributed by atoms with Crippen LogP contribution in [0.25, 0.3) is 0 Å². The van der Waals surface area contributed by atoms with Crippen LogP contribution in [0.1, 0.15) is 24.1 Å². The molecule has 2 rings (SSSR count). The Kier molecular flexibility index (Phi) is 3.57. The van der Waals surface area contributed by atoms with Crippen LogP contribution in [0.4, 0.5) is 8.78 Å². The lowest BCUT2D eigenvalue weighted by molar-refractivity contribution is 0.394. The number of aromatic nitrogens is 2. The van der Waals surface area contributed by atoms with Crippen LogP contribution in [-0.2, 0) is 6.54 Å². The summed E-state index contributed by atoms with van der Waals surface area (Å²) in [7, 11) is 0. The second-order valence-electron chi connectivity index (χ2n) is 4.04. The summed E-state index contributed by atoms with van der Waals surface area (Å²) in [6.07, 6.45) is 3.42. The molecule has 6 heteroatoms. The van der Waals surface area contributed by atoms with Gasteiger partial charge in [-0.15, -0.1) is 0 Å². The van der Waals surface area contributed by atoms with Crippen molar-refractivity contribution in [3.8, 4) is 5.75 Å². The molecule has 0 bridgehead atoms. The maximum atomic E-state index is 13.1. The average Bonchev–Trinajstić information content (AvgIpc) is 2.86. The molecule has 0 fully saturated rings. The van der Waals surface area contributed by atoms with E-state index in [0.29, 0.717) is 12.1 Å². The third-order valence-corrected chi connectivity index (χ3v) is 2.71. The summed E-state index contributed by atoms with van der Waals surface area (Å²) in [5.74, 6) is -2.85. The maximum absolute atomic E-state index is 13.1. The molecule has 1 atom stereocenters. The molecule has 0 radical (unpaired) electrons. The number of aromatic amines is 1. The second-order valence-corrected chi connectivity index (χ2v) is 4.04. The Morgan fingerprint density at radius 3 is 2.61 bits per heavy atom. The molecule has 3 N–H and O–H groups in total. The van der Waals surface area contributed by atoms with E-state index in [1.165, 1.54) is 0 Å². The van der Waals surface area contributed by atoms with Crippen LogP contribution >= 0.6 is 0 Å². The molecule has 1 aromatic heterocycles. The first-order valence-corrected chi connectivity index (χ1v) is 5.47. The summed E-state index contributed by atoms with van der Waals surface area (Å²) < 4.78 is 26.2. The zero-order valence-electron chi connectivity index (χ0n) is 9.74. The molecule has 1 aromatic carbocycles. The molecule has 0 saturated carbocycles. The van der Waals surface area contributed by atoms with E-state index in [2.05, 4.69) is 15.5 Å².